The van der Waals surface area contributed by atoms with Gasteiger partial charge in [-0.25, -0.2) is 17.6 Å². The van der Waals surface area contributed by atoms with Gasteiger partial charge in [-0.3, -0.25) is 48.7 Å². The molecular weight excluding hydrogens is 1760 g/mol. The zero-order valence-electron chi connectivity index (χ0n) is 78.1. The molecule has 8 aromatic heterocycles. The number of carbonyl (C=O) groups is 7. The van der Waals surface area contributed by atoms with Gasteiger partial charge in [0.15, 0.2) is 0 Å². The maximum absolute atomic E-state index is 14.2. The van der Waals surface area contributed by atoms with Crippen LogP contribution in [0.2, 0.25) is 0 Å². The molecule has 8 aromatic carbocycles. The molecule has 0 atom stereocenters. The minimum atomic E-state index is -1.14. The number of carbonyl (C=O) groups excluding carboxylic acids is 4. The van der Waals surface area contributed by atoms with Crippen molar-refractivity contribution in [3.63, 3.8) is 0 Å². The van der Waals surface area contributed by atoms with Crippen molar-refractivity contribution in [3.8, 4) is 0 Å². The number of halogens is 4. The fourth-order valence-electron chi connectivity index (χ4n) is 22.0. The zero-order chi connectivity index (χ0) is 96.0. The average Bonchev–Trinajstić information content (AvgIpc) is 1.62. The van der Waals surface area contributed by atoms with Gasteiger partial charge in [-0.2, -0.15) is 0 Å². The number of benzene rings is 8. The smallest absolute Gasteiger partial charge is 0.548 e. The van der Waals surface area contributed by atoms with Gasteiger partial charge in [0.1, 0.15) is 42.9 Å². The summed E-state index contributed by atoms with van der Waals surface area (Å²) in [4.78, 5) is 104. The third-order valence-electron chi connectivity index (χ3n) is 28.5. The average molecular weight is 1870 g/mol. The summed E-state index contributed by atoms with van der Waals surface area (Å²) >= 11 is 0. The van der Waals surface area contributed by atoms with Gasteiger partial charge in [-0.15, -0.1) is 0 Å². The Bertz CT molecular complexity index is 7290. The predicted octanol–water partition coefficient (Wildman–Crippen LogP) is 17.4. The van der Waals surface area contributed by atoms with Gasteiger partial charge in [0.2, 0.25) is 5.91 Å². The Hall–Kier alpha value is -13.5. The molecule has 0 saturated heterocycles. The van der Waals surface area contributed by atoms with Crippen molar-refractivity contribution in [3.05, 3.63) is 309 Å². The second kappa shape index (κ2) is 43.1. The Kier molecular flexibility index (Phi) is 30.5. The van der Waals surface area contributed by atoms with Gasteiger partial charge in [0, 0.05) is 138 Å². The summed E-state index contributed by atoms with van der Waals surface area (Å²) in [5.74, 6) is -4.53. The monoisotopic (exact) mass is 1870 g/mol. The first-order valence-electron chi connectivity index (χ1n) is 47.1. The molecule has 8 heterocycles. The van der Waals surface area contributed by atoms with Crippen LogP contribution in [0.1, 0.15) is 210 Å². The number of hydrogen-bond acceptors (Lipinski definition) is 13. The number of carboxylic acids is 4. The van der Waals surface area contributed by atoms with Crippen LogP contribution in [-0.4, -0.2) is 124 Å². The SMILES string of the molecule is CC(=O)N(Cc1ccc2ccccc2n1)C1CCC(c2c(C)n(CC(=O)O)c3ccc(F)cc23)CC1.Cc1c(C2CCC(NC(=O)c3ccnc4ccccc34)CC2)c2cc(F)ccc2n1CC(=O)O.Cc1c(C2CCC(NC(=O)c3cnc4ccccc4c3)CC2)c2cc(F)ccc2n1CC(=O)O.Cc1c(C2CCC(NCc3ccc4ccccc4n3)CC2)c2cc(F)ccc2n1CC(=O)[O-].[Na+]. The van der Waals surface area contributed by atoms with E-state index >= 15 is 0 Å². The van der Waals surface area contributed by atoms with Crippen LogP contribution in [0, 0.1) is 51.0 Å². The number of aliphatic carboxylic acids is 4. The summed E-state index contributed by atoms with van der Waals surface area (Å²) in [7, 11) is 0. The summed E-state index contributed by atoms with van der Waals surface area (Å²) in [6.45, 7) is 9.82. The Morgan fingerprint density at radius 1 is 0.391 bits per heavy atom. The van der Waals surface area contributed by atoms with Crippen molar-refractivity contribution in [1.29, 1.82) is 0 Å². The first-order chi connectivity index (χ1) is 66.1. The van der Waals surface area contributed by atoms with Crippen LogP contribution in [0.15, 0.2) is 219 Å². The van der Waals surface area contributed by atoms with E-state index in [0.29, 0.717) is 23.7 Å². The Morgan fingerprint density at radius 2 is 0.761 bits per heavy atom. The minimum Gasteiger partial charge on any atom is -0.548 e. The fraction of sp³-hybridized carbons (Fsp3) is 0.318. The zero-order valence-corrected chi connectivity index (χ0v) is 80.1. The van der Waals surface area contributed by atoms with Crippen molar-refractivity contribution in [1.82, 2.24) is 59.1 Å². The van der Waals surface area contributed by atoms with Crippen LogP contribution in [0.4, 0.5) is 17.6 Å². The van der Waals surface area contributed by atoms with Crippen LogP contribution in [-0.2, 0) is 63.2 Å². The van der Waals surface area contributed by atoms with Gasteiger partial charge < -0.3 is 64.3 Å². The molecule has 28 heteroatoms. The van der Waals surface area contributed by atoms with Gasteiger partial charge in [0.05, 0.1) is 63.6 Å². The molecule has 4 fully saturated rings. The van der Waals surface area contributed by atoms with Gasteiger partial charge in [0.25, 0.3) is 11.8 Å². The van der Waals surface area contributed by atoms with Crippen molar-refractivity contribution in [2.24, 2.45) is 0 Å². The standard InChI is InChI=1S/C29H30FN3O3.2C27H26FN3O3.C27H28FN3O2.Na/c1-18-29(25-15-22(30)10-14-27(25)32(18)17-28(35)36)21-8-12-24(13-9-21)33(19(2)34)16-23-11-7-20-5-3-4-6-26(20)31-23;1-16-26(22-13-20(28)8-11-24(22)31(16)15-25(32)33)17-6-9-21(10-7-17)30-27(34)19-12-18-4-2-3-5-23(18)29-14-19;1-16-26(22-14-18(28)8-11-24(22)31(16)15-25(32)33)17-6-9-19(10-7-17)30-27(34)21-12-13-29-23-5-3-2-4-20(21)23;1-17-27(23-14-20(28)9-13-25(23)31(17)16-26(32)33)19-7-10-21(11-8-19)29-15-22-12-6-18-4-2-3-5-24(18)30-22;/h3-7,10-11,14-15,21,24H,8-9,12-13,16-17H2,1-2H3,(H,35,36);2-5,8,11-14,17,21H,6-7,9-10,15H2,1H3,(H,30,34)(H,32,33);2-5,8,11-14,17,19H,6-7,9-10,15H2,1H3,(H,30,34)(H,32,33);2-6,9,12-14,19,21,29H,7-8,10-11,15-16H2,1H3,(H,32,33);/q;;;;+1/p-1. The molecule has 23 nitrogen and oxygen atoms in total. The Labute approximate surface area is 817 Å². The minimum absolute atomic E-state index is 0. The van der Waals surface area contributed by atoms with Crippen molar-refractivity contribution < 1.29 is 101 Å². The molecule has 138 heavy (non-hydrogen) atoms. The number of carboxylic acid groups (broad SMARTS) is 4. The number of pyridine rings is 4. The summed E-state index contributed by atoms with van der Waals surface area (Å²) in [6.07, 6.45) is 17.2. The molecule has 4 aliphatic rings. The first kappa shape index (κ1) is 97.6. The van der Waals surface area contributed by atoms with E-state index in [1.165, 1.54) is 42.5 Å². The second-order valence-electron chi connectivity index (χ2n) is 36.9. The molecule has 3 amide bonds. The summed E-state index contributed by atoms with van der Waals surface area (Å²) in [5, 5.41) is 56.6. The Balaban J connectivity index is 0.000000133. The summed E-state index contributed by atoms with van der Waals surface area (Å²) < 4.78 is 63.4. The molecule has 4 aliphatic carbocycles. The third-order valence-corrected chi connectivity index (χ3v) is 28.5. The molecule has 4 saturated carbocycles. The molecule has 0 radical (unpaired) electrons. The largest absolute Gasteiger partial charge is 1.00 e. The number of nitrogens with one attached hydrogen (secondary N) is 3. The van der Waals surface area contributed by atoms with E-state index in [1.807, 2.05) is 142 Å². The first-order valence-corrected chi connectivity index (χ1v) is 47.1. The predicted molar refractivity (Wildman–Crippen MR) is 519 cm³/mol. The number of rotatable bonds is 22. The maximum Gasteiger partial charge on any atom is 1.00 e. The summed E-state index contributed by atoms with van der Waals surface area (Å²) in [6, 6.07) is 62.1. The molecule has 16 aromatic rings. The van der Waals surface area contributed by atoms with E-state index in [-0.39, 0.29) is 139 Å². The molecular formula is C110H109F4N12NaO11. The van der Waals surface area contributed by atoms with Crippen molar-refractivity contribution in [2.75, 3.05) is 0 Å². The molecule has 704 valence electrons. The molecule has 6 N–H and O–H groups in total. The molecule has 20 rings (SSSR count). The number of hydrogen-bond donors (Lipinski definition) is 6. The number of para-hydroxylation sites is 4. The van der Waals surface area contributed by atoms with E-state index < -0.39 is 23.9 Å². The van der Waals surface area contributed by atoms with Crippen LogP contribution in [0.25, 0.3) is 87.2 Å². The molecule has 0 spiro atoms. The van der Waals surface area contributed by atoms with Gasteiger partial charge >= 0.3 is 47.5 Å². The van der Waals surface area contributed by atoms with E-state index in [1.54, 1.807) is 74.0 Å². The van der Waals surface area contributed by atoms with Gasteiger partial charge in [-0.05, 0) is 298 Å². The quantitative estimate of drug-likeness (QED) is 0.0271. The maximum atomic E-state index is 14.2. The van der Waals surface area contributed by atoms with E-state index in [2.05, 4.69) is 44.1 Å². The van der Waals surface area contributed by atoms with Crippen LogP contribution < -0.4 is 50.6 Å². The number of aromatic nitrogens is 8. The summed E-state index contributed by atoms with van der Waals surface area (Å²) in [5.41, 5.74) is 17.4. The van der Waals surface area contributed by atoms with E-state index in [0.717, 1.165) is 253 Å². The van der Waals surface area contributed by atoms with Crippen LogP contribution >= 0.6 is 0 Å². The topological polar surface area (TPSA) is 314 Å². The fourth-order valence-corrected chi connectivity index (χ4v) is 22.0. The second-order valence-corrected chi connectivity index (χ2v) is 36.9. The molecule has 0 unspecified atom stereocenters. The van der Waals surface area contributed by atoms with E-state index in [4.69, 9.17) is 9.97 Å². The van der Waals surface area contributed by atoms with Gasteiger partial charge in [-0.1, -0.05) is 84.9 Å². The molecule has 0 aliphatic heterocycles. The normalized spacial score (nSPS) is 18.2. The third kappa shape index (κ3) is 21.7. The van der Waals surface area contributed by atoms with Crippen molar-refractivity contribution in [2.45, 2.75) is 224 Å². The van der Waals surface area contributed by atoms with Crippen LogP contribution in [0.3, 0.4) is 0 Å². The number of nitrogens with zero attached hydrogens (tertiary/aromatic N) is 9. The Morgan fingerprint density at radius 3 is 1.19 bits per heavy atom. The van der Waals surface area contributed by atoms with Crippen LogP contribution in [0.5, 0.6) is 0 Å². The van der Waals surface area contributed by atoms with E-state index in [9.17, 15) is 71.5 Å². The number of amides is 3. The van der Waals surface area contributed by atoms with Crippen molar-refractivity contribution >= 4 is 129 Å². The molecule has 0 bridgehead atoms. The number of fused-ring (bicyclic) bond motifs is 8.